The van der Waals surface area contributed by atoms with Crippen molar-refractivity contribution in [3.05, 3.63) is 6.42 Å². The Hall–Kier alpha value is -0.0400. The summed E-state index contributed by atoms with van der Waals surface area (Å²) >= 11 is 0. The lowest BCUT2D eigenvalue weighted by atomic mass is 10.1. The van der Waals surface area contributed by atoms with Crippen LogP contribution in [0.25, 0.3) is 0 Å². The smallest absolute Gasteiger partial charge is 0.0514 e. The molecule has 0 fully saturated rings. The van der Waals surface area contributed by atoms with Crippen molar-refractivity contribution in [1.29, 1.82) is 0 Å². The molecule has 0 aliphatic heterocycles. The third-order valence-electron chi connectivity index (χ3n) is 2.77. The van der Waals surface area contributed by atoms with Crippen LogP contribution in [0.4, 0.5) is 0 Å². The lowest BCUT2D eigenvalue weighted by Gasteiger charge is -2.03. The summed E-state index contributed by atoms with van der Waals surface area (Å²) in [7, 11) is 0. The van der Waals surface area contributed by atoms with Crippen molar-refractivity contribution in [3.8, 4) is 0 Å². The highest BCUT2D eigenvalue weighted by Crippen LogP contribution is 2.11. The highest BCUT2D eigenvalue weighted by Gasteiger charge is 1.96. The van der Waals surface area contributed by atoms with Crippen LogP contribution >= 0.6 is 0 Å². The molecule has 91 valence electrons. The van der Waals surface area contributed by atoms with Crippen molar-refractivity contribution in [3.63, 3.8) is 0 Å². The molecule has 1 heteroatoms. The van der Waals surface area contributed by atoms with Gasteiger partial charge in [-0.25, -0.2) is 0 Å². The molecule has 0 saturated heterocycles. The van der Waals surface area contributed by atoms with Gasteiger partial charge in [0.05, 0.1) is 6.10 Å². The Kier molecular flexibility index (Phi) is 12.0. The molecule has 0 rings (SSSR count). The first-order chi connectivity index (χ1) is 7.27. The Balaban J connectivity index is 2.87. The first-order valence-corrected chi connectivity index (χ1v) is 6.77. The van der Waals surface area contributed by atoms with Crippen molar-refractivity contribution in [2.24, 2.45) is 0 Å². The van der Waals surface area contributed by atoms with E-state index in [1.165, 1.54) is 57.8 Å². The molecule has 0 aliphatic rings. The summed E-state index contributed by atoms with van der Waals surface area (Å²) in [6, 6.07) is 0. The van der Waals surface area contributed by atoms with Crippen LogP contribution < -0.4 is 0 Å². The van der Waals surface area contributed by atoms with Gasteiger partial charge in [-0.1, -0.05) is 64.7 Å². The molecule has 0 aromatic carbocycles. The standard InChI is InChI=1S/C14H29O/c1-3-4-5-6-7-8-9-10-11-12-13-14(2)15/h12,14-15H,3-11,13H2,1-2H3. The van der Waals surface area contributed by atoms with E-state index in [0.717, 1.165) is 6.42 Å². The van der Waals surface area contributed by atoms with Gasteiger partial charge in [0, 0.05) is 0 Å². The summed E-state index contributed by atoms with van der Waals surface area (Å²) < 4.78 is 0. The van der Waals surface area contributed by atoms with Gasteiger partial charge in [0.25, 0.3) is 0 Å². The van der Waals surface area contributed by atoms with Crippen LogP contribution in [-0.2, 0) is 0 Å². The van der Waals surface area contributed by atoms with E-state index in [2.05, 4.69) is 13.3 Å². The quantitative estimate of drug-likeness (QED) is 0.501. The number of aliphatic hydroxyl groups is 1. The minimum absolute atomic E-state index is 0.154. The lowest BCUT2D eigenvalue weighted by Crippen LogP contribution is -1.98. The van der Waals surface area contributed by atoms with Crippen molar-refractivity contribution >= 4 is 0 Å². The molecular formula is C14H29O. The SMILES string of the molecule is CCCCCCCCCC[CH]CC(C)O. The van der Waals surface area contributed by atoms with Gasteiger partial charge in [0.2, 0.25) is 0 Å². The maximum absolute atomic E-state index is 9.04. The van der Waals surface area contributed by atoms with Crippen LogP contribution in [0.2, 0.25) is 0 Å². The third-order valence-corrected chi connectivity index (χ3v) is 2.77. The molecule has 15 heavy (non-hydrogen) atoms. The van der Waals surface area contributed by atoms with Gasteiger partial charge in [-0.3, -0.25) is 0 Å². The summed E-state index contributed by atoms with van der Waals surface area (Å²) in [5.74, 6) is 0. The van der Waals surface area contributed by atoms with Crippen LogP contribution in [0.3, 0.4) is 0 Å². The van der Waals surface area contributed by atoms with Gasteiger partial charge in [-0.2, -0.15) is 0 Å². The average molecular weight is 213 g/mol. The zero-order valence-corrected chi connectivity index (χ0v) is 10.7. The van der Waals surface area contributed by atoms with E-state index in [0.29, 0.717) is 0 Å². The molecule has 0 bridgehead atoms. The minimum Gasteiger partial charge on any atom is -0.393 e. The van der Waals surface area contributed by atoms with Gasteiger partial charge in [0.15, 0.2) is 0 Å². The molecule has 0 aromatic rings. The summed E-state index contributed by atoms with van der Waals surface area (Å²) in [6.45, 7) is 4.11. The molecular weight excluding hydrogens is 184 g/mol. The molecule has 0 amide bonds. The van der Waals surface area contributed by atoms with E-state index < -0.39 is 0 Å². The van der Waals surface area contributed by atoms with Gasteiger partial charge in [0.1, 0.15) is 0 Å². The number of hydrogen-bond donors (Lipinski definition) is 1. The molecule has 0 aromatic heterocycles. The van der Waals surface area contributed by atoms with Gasteiger partial charge in [-0.05, 0) is 19.8 Å². The number of aliphatic hydroxyl groups excluding tert-OH is 1. The van der Waals surface area contributed by atoms with E-state index in [-0.39, 0.29) is 6.10 Å². The van der Waals surface area contributed by atoms with Crippen molar-refractivity contribution in [2.75, 3.05) is 0 Å². The fourth-order valence-electron chi connectivity index (χ4n) is 1.78. The lowest BCUT2D eigenvalue weighted by molar-refractivity contribution is 0.193. The van der Waals surface area contributed by atoms with E-state index in [4.69, 9.17) is 5.11 Å². The second-order valence-corrected chi connectivity index (χ2v) is 4.64. The van der Waals surface area contributed by atoms with Gasteiger partial charge >= 0.3 is 0 Å². The Morgan fingerprint density at radius 1 is 0.933 bits per heavy atom. The molecule has 0 aliphatic carbocycles. The highest BCUT2D eigenvalue weighted by molar-refractivity contribution is 4.67. The van der Waals surface area contributed by atoms with Crippen molar-refractivity contribution in [1.82, 2.24) is 0 Å². The monoisotopic (exact) mass is 213 g/mol. The number of unbranched alkanes of at least 4 members (excludes halogenated alkanes) is 9. The summed E-state index contributed by atoms with van der Waals surface area (Å²) in [5.41, 5.74) is 0. The molecule has 0 saturated carbocycles. The van der Waals surface area contributed by atoms with Crippen molar-refractivity contribution in [2.45, 2.75) is 84.2 Å². The van der Waals surface area contributed by atoms with Crippen LogP contribution in [0, 0.1) is 6.42 Å². The molecule has 0 heterocycles. The van der Waals surface area contributed by atoms with Gasteiger partial charge < -0.3 is 5.11 Å². The molecule has 1 atom stereocenters. The minimum atomic E-state index is -0.154. The van der Waals surface area contributed by atoms with Crippen LogP contribution in [-0.4, -0.2) is 11.2 Å². The van der Waals surface area contributed by atoms with Crippen LogP contribution in [0.5, 0.6) is 0 Å². The Morgan fingerprint density at radius 2 is 1.47 bits per heavy atom. The highest BCUT2D eigenvalue weighted by atomic mass is 16.3. The first kappa shape index (κ1) is 15.0. The fraction of sp³-hybridized carbons (Fsp3) is 0.929. The maximum Gasteiger partial charge on any atom is 0.0514 e. The predicted octanol–water partition coefficient (Wildman–Crippen LogP) is 4.49. The summed E-state index contributed by atoms with van der Waals surface area (Å²) in [5, 5.41) is 9.04. The fourth-order valence-corrected chi connectivity index (χ4v) is 1.78. The molecule has 1 nitrogen and oxygen atoms in total. The third kappa shape index (κ3) is 14.0. The van der Waals surface area contributed by atoms with Gasteiger partial charge in [-0.15, -0.1) is 0 Å². The first-order valence-electron chi connectivity index (χ1n) is 6.77. The predicted molar refractivity (Wildman–Crippen MR) is 67.8 cm³/mol. The van der Waals surface area contributed by atoms with Crippen molar-refractivity contribution < 1.29 is 5.11 Å². The second kappa shape index (κ2) is 12.0. The number of hydrogen-bond acceptors (Lipinski definition) is 1. The summed E-state index contributed by atoms with van der Waals surface area (Å²) in [4.78, 5) is 0. The zero-order chi connectivity index (χ0) is 11.4. The molecule has 0 spiro atoms. The molecule has 1 N–H and O–H groups in total. The maximum atomic E-state index is 9.04. The Labute approximate surface area is 96.3 Å². The number of rotatable bonds is 11. The largest absolute Gasteiger partial charge is 0.393 e. The second-order valence-electron chi connectivity index (χ2n) is 4.64. The van der Waals surface area contributed by atoms with E-state index in [1.807, 2.05) is 6.92 Å². The normalized spacial score (nSPS) is 13.0. The van der Waals surface area contributed by atoms with E-state index in [1.54, 1.807) is 0 Å². The average Bonchev–Trinajstić information content (AvgIpc) is 2.20. The van der Waals surface area contributed by atoms with E-state index in [9.17, 15) is 0 Å². The zero-order valence-electron chi connectivity index (χ0n) is 10.7. The summed E-state index contributed by atoms with van der Waals surface area (Å²) in [6.07, 6.45) is 15.2. The topological polar surface area (TPSA) is 20.2 Å². The molecule has 1 unspecified atom stereocenters. The molecule has 1 radical (unpaired) electrons. The van der Waals surface area contributed by atoms with Crippen LogP contribution in [0.1, 0.15) is 78.1 Å². The van der Waals surface area contributed by atoms with E-state index >= 15 is 0 Å². The van der Waals surface area contributed by atoms with Crippen LogP contribution in [0.15, 0.2) is 0 Å². The Bertz CT molecular complexity index is 110. The Morgan fingerprint density at radius 3 is 2.00 bits per heavy atom.